The summed E-state index contributed by atoms with van der Waals surface area (Å²) in [5.41, 5.74) is 16.8. The van der Waals surface area contributed by atoms with Crippen LogP contribution in [0.1, 0.15) is 56.1 Å². The van der Waals surface area contributed by atoms with Gasteiger partial charge in [0.2, 0.25) is 0 Å². The standard InChI is InChI=1S/C42H41N9O3/c43-37-15-9-12-33(47-37)29-49(39-17-4-6-20-46-39)26-30-23-31(27-50(28-32-11-3-5-19-45-32)40-18-10-16-38(44)48-40)25-34(24-30)54-22-8-7-21-51-41(52)35-13-1-2-14-36(35)42(51)53/h1-6,9-20,23-25H,7-8,21-22,26-29H2,(H2,43,47)(H2,44,48). The third-order valence-electron chi connectivity index (χ3n) is 9.01. The van der Waals surface area contributed by atoms with Crippen molar-refractivity contribution in [1.82, 2.24) is 24.8 Å². The first-order valence-corrected chi connectivity index (χ1v) is 17.9. The van der Waals surface area contributed by atoms with Crippen LogP contribution in [0.15, 0.2) is 128 Å². The van der Waals surface area contributed by atoms with Crippen LogP contribution in [0, 0.1) is 0 Å². The van der Waals surface area contributed by atoms with Crippen molar-refractivity contribution in [2.75, 3.05) is 34.4 Å². The number of amides is 2. The van der Waals surface area contributed by atoms with Gasteiger partial charge >= 0.3 is 0 Å². The van der Waals surface area contributed by atoms with Crippen molar-refractivity contribution in [2.45, 2.75) is 39.0 Å². The number of anilines is 4. The second kappa shape index (κ2) is 16.7. The fourth-order valence-corrected chi connectivity index (χ4v) is 6.50. The molecule has 1 aliphatic heterocycles. The lowest BCUT2D eigenvalue weighted by Gasteiger charge is -2.26. The van der Waals surface area contributed by atoms with E-state index in [9.17, 15) is 9.59 Å². The van der Waals surface area contributed by atoms with Crippen LogP contribution in [-0.2, 0) is 26.2 Å². The van der Waals surface area contributed by atoms with Gasteiger partial charge in [-0.1, -0.05) is 42.5 Å². The molecule has 0 unspecified atom stereocenters. The Morgan fingerprint density at radius 2 is 1.17 bits per heavy atom. The van der Waals surface area contributed by atoms with Gasteiger partial charge < -0.3 is 26.0 Å². The van der Waals surface area contributed by atoms with E-state index in [-0.39, 0.29) is 11.8 Å². The molecule has 0 radical (unpaired) electrons. The zero-order valence-electron chi connectivity index (χ0n) is 29.8. The normalized spacial score (nSPS) is 12.1. The number of nitrogen functional groups attached to an aromatic ring is 2. The van der Waals surface area contributed by atoms with E-state index in [1.807, 2.05) is 72.8 Å². The molecule has 0 aliphatic carbocycles. The average Bonchev–Trinajstić information content (AvgIpc) is 3.43. The summed E-state index contributed by atoms with van der Waals surface area (Å²) in [6, 6.07) is 36.1. The number of hydrogen-bond acceptors (Lipinski definition) is 11. The maximum atomic E-state index is 12.9. The molecule has 0 fully saturated rings. The van der Waals surface area contributed by atoms with E-state index >= 15 is 0 Å². The van der Waals surface area contributed by atoms with Gasteiger partial charge in [-0.2, -0.15) is 0 Å². The Labute approximate surface area is 314 Å². The lowest BCUT2D eigenvalue weighted by Crippen LogP contribution is -2.30. The third-order valence-corrected chi connectivity index (χ3v) is 9.01. The molecule has 4 N–H and O–H groups in total. The SMILES string of the molecule is Nc1cccc(CN(Cc2cc(CN(Cc3ccccn3)c3cccc(N)n3)cc(OCCCCN3C(=O)c4ccccc4C3=O)c2)c2ccccn2)n1. The van der Waals surface area contributed by atoms with Crippen molar-refractivity contribution in [2.24, 2.45) is 0 Å². The molecule has 4 aromatic heterocycles. The minimum absolute atomic E-state index is 0.246. The minimum Gasteiger partial charge on any atom is -0.494 e. The molecule has 2 amide bonds. The first kappa shape index (κ1) is 35.6. The fraction of sp³-hybridized carbons (Fsp3) is 0.190. The molecule has 12 nitrogen and oxygen atoms in total. The highest BCUT2D eigenvalue weighted by Gasteiger charge is 2.34. The predicted octanol–water partition coefficient (Wildman–Crippen LogP) is 6.30. The number of unbranched alkanes of at least 4 members (excludes halogenated alkanes) is 1. The number of imide groups is 1. The fourth-order valence-electron chi connectivity index (χ4n) is 6.50. The van der Waals surface area contributed by atoms with Gasteiger partial charge in [0, 0.05) is 32.0 Å². The van der Waals surface area contributed by atoms with Crippen molar-refractivity contribution in [1.29, 1.82) is 0 Å². The van der Waals surface area contributed by atoms with Crippen LogP contribution < -0.4 is 26.0 Å². The van der Waals surface area contributed by atoms with Gasteiger partial charge in [0.25, 0.3) is 11.8 Å². The van der Waals surface area contributed by atoms with Crippen molar-refractivity contribution < 1.29 is 14.3 Å². The van der Waals surface area contributed by atoms with Crippen LogP contribution in [0.25, 0.3) is 0 Å². The van der Waals surface area contributed by atoms with E-state index in [1.54, 1.807) is 48.8 Å². The van der Waals surface area contributed by atoms with Gasteiger partial charge in [-0.25, -0.2) is 15.0 Å². The summed E-state index contributed by atoms with van der Waals surface area (Å²) in [6.45, 7) is 2.73. The van der Waals surface area contributed by atoms with Crippen molar-refractivity contribution >= 4 is 35.1 Å². The molecule has 1 aliphatic rings. The molecule has 7 rings (SSSR count). The highest BCUT2D eigenvalue weighted by atomic mass is 16.5. The van der Waals surface area contributed by atoms with Gasteiger partial charge in [-0.15, -0.1) is 0 Å². The number of nitrogens with two attached hydrogens (primary N) is 2. The number of carbonyl (C=O) groups is 2. The molecule has 5 heterocycles. The van der Waals surface area contributed by atoms with Gasteiger partial charge in [0.15, 0.2) is 0 Å². The third kappa shape index (κ3) is 8.79. The summed E-state index contributed by atoms with van der Waals surface area (Å²) in [6.07, 6.45) is 4.81. The zero-order chi connectivity index (χ0) is 37.3. The van der Waals surface area contributed by atoms with Crippen molar-refractivity contribution in [3.63, 3.8) is 0 Å². The Balaban J connectivity index is 1.13. The highest BCUT2D eigenvalue weighted by molar-refractivity contribution is 6.21. The number of carbonyl (C=O) groups excluding carboxylic acids is 2. The van der Waals surface area contributed by atoms with Crippen LogP contribution in [0.5, 0.6) is 5.75 Å². The number of fused-ring (bicyclic) bond motifs is 1. The molecule has 0 bridgehead atoms. The highest BCUT2D eigenvalue weighted by Crippen LogP contribution is 2.27. The molecule has 0 spiro atoms. The quantitative estimate of drug-likeness (QED) is 0.0855. The van der Waals surface area contributed by atoms with Crippen LogP contribution in [0.3, 0.4) is 0 Å². The Hall–Kier alpha value is -6.82. The molecule has 2 aromatic carbocycles. The maximum Gasteiger partial charge on any atom is 0.261 e. The summed E-state index contributed by atoms with van der Waals surface area (Å²) in [5, 5.41) is 0. The molecule has 0 saturated heterocycles. The van der Waals surface area contributed by atoms with Gasteiger partial charge in [0.05, 0.1) is 42.2 Å². The van der Waals surface area contributed by atoms with Gasteiger partial charge in [-0.3, -0.25) is 19.5 Å². The number of ether oxygens (including phenoxy) is 1. The van der Waals surface area contributed by atoms with Gasteiger partial charge in [-0.05, 0) is 96.8 Å². The van der Waals surface area contributed by atoms with E-state index < -0.39 is 0 Å². The van der Waals surface area contributed by atoms with E-state index in [0.717, 1.165) is 34.2 Å². The molecule has 272 valence electrons. The Morgan fingerprint density at radius 3 is 1.81 bits per heavy atom. The Bertz CT molecular complexity index is 2180. The Morgan fingerprint density at radius 1 is 0.574 bits per heavy atom. The van der Waals surface area contributed by atoms with E-state index in [0.29, 0.717) is 80.7 Å². The molecule has 0 atom stereocenters. The van der Waals surface area contributed by atoms with Crippen LogP contribution in [-0.4, -0.2) is 49.8 Å². The monoisotopic (exact) mass is 719 g/mol. The van der Waals surface area contributed by atoms with Crippen LogP contribution in [0.2, 0.25) is 0 Å². The second-order valence-corrected chi connectivity index (χ2v) is 13.0. The van der Waals surface area contributed by atoms with E-state index in [1.165, 1.54) is 4.90 Å². The summed E-state index contributed by atoms with van der Waals surface area (Å²) >= 11 is 0. The molecule has 6 aromatic rings. The molecular formula is C42H41N9O3. The summed E-state index contributed by atoms with van der Waals surface area (Å²) in [7, 11) is 0. The molecule has 54 heavy (non-hydrogen) atoms. The number of hydrogen-bond donors (Lipinski definition) is 2. The molecular weight excluding hydrogens is 679 g/mol. The lowest BCUT2D eigenvalue weighted by atomic mass is 10.1. The van der Waals surface area contributed by atoms with E-state index in [4.69, 9.17) is 16.2 Å². The molecule has 12 heteroatoms. The number of nitrogens with zero attached hydrogens (tertiary/aromatic N) is 7. The van der Waals surface area contributed by atoms with Crippen molar-refractivity contribution in [3.05, 3.63) is 161 Å². The largest absolute Gasteiger partial charge is 0.494 e. The average molecular weight is 720 g/mol. The topological polar surface area (TPSA) is 157 Å². The first-order valence-electron chi connectivity index (χ1n) is 17.9. The summed E-state index contributed by atoms with van der Waals surface area (Å²) in [4.78, 5) is 49.7. The second-order valence-electron chi connectivity index (χ2n) is 13.0. The lowest BCUT2D eigenvalue weighted by molar-refractivity contribution is 0.0649. The van der Waals surface area contributed by atoms with E-state index in [2.05, 4.69) is 35.8 Å². The zero-order valence-corrected chi connectivity index (χ0v) is 29.8. The molecule has 0 saturated carbocycles. The Kier molecular flexibility index (Phi) is 11.0. The first-order chi connectivity index (χ1) is 26.4. The summed E-state index contributed by atoms with van der Waals surface area (Å²) in [5.74, 6) is 2.61. The smallest absolute Gasteiger partial charge is 0.261 e. The van der Waals surface area contributed by atoms with Crippen LogP contribution >= 0.6 is 0 Å². The van der Waals surface area contributed by atoms with Gasteiger partial charge in [0.1, 0.15) is 29.0 Å². The minimum atomic E-state index is -0.246. The van der Waals surface area contributed by atoms with Crippen molar-refractivity contribution in [3.8, 4) is 5.75 Å². The predicted molar refractivity (Wildman–Crippen MR) is 209 cm³/mol. The van der Waals surface area contributed by atoms with Crippen LogP contribution in [0.4, 0.5) is 23.3 Å². The number of benzene rings is 2. The summed E-state index contributed by atoms with van der Waals surface area (Å²) < 4.78 is 6.40. The maximum absolute atomic E-state index is 12.9. The number of rotatable bonds is 16. The number of pyridine rings is 4. The number of aromatic nitrogens is 4.